The number of carbonyl (C=O) groups excluding carboxylic acids is 11. The number of aliphatic hydroxyl groups is 1. The third kappa shape index (κ3) is 19.1. The molecule has 2 saturated heterocycles. The van der Waals surface area contributed by atoms with Crippen molar-refractivity contribution in [1.82, 2.24) is 42.1 Å². The number of β-amino-alcohol motifs (C(OH)–C–C–N with tert-alkyl or cyclic N) is 1. The lowest BCUT2D eigenvalue weighted by Gasteiger charge is -2.31. The van der Waals surface area contributed by atoms with Crippen LogP contribution in [0.25, 0.3) is 0 Å². The Kier molecular flexibility index (Phi) is 22.1. The molecule has 2 heterocycles. The third-order valence-corrected chi connectivity index (χ3v) is 13.5. The van der Waals surface area contributed by atoms with Gasteiger partial charge in [-0.3, -0.25) is 52.7 Å². The summed E-state index contributed by atoms with van der Waals surface area (Å²) in [5.74, 6) is -13.7. The molecule has 0 radical (unpaired) electrons. The Bertz CT molecular complexity index is 2260. The number of nitrogens with one attached hydrogen (secondary N) is 7. The first-order valence-electron chi connectivity index (χ1n) is 23.1. The van der Waals surface area contributed by atoms with Crippen molar-refractivity contribution in [2.75, 3.05) is 24.6 Å². The molecule has 0 bridgehead atoms. The maximum atomic E-state index is 14.5. The average molecular weight is 1020 g/mol. The minimum absolute atomic E-state index is 0.0544. The van der Waals surface area contributed by atoms with Gasteiger partial charge in [-0.05, 0) is 48.8 Å². The summed E-state index contributed by atoms with van der Waals surface area (Å²) in [6, 6.07) is -5.53. The van der Waals surface area contributed by atoms with Crippen molar-refractivity contribution in [1.29, 1.82) is 0 Å². The van der Waals surface area contributed by atoms with Crippen molar-refractivity contribution >= 4 is 74.8 Å². The van der Waals surface area contributed by atoms with Gasteiger partial charge in [-0.2, -0.15) is 0 Å². The summed E-state index contributed by atoms with van der Waals surface area (Å²) >= 11 is 0. The fourth-order valence-corrected chi connectivity index (χ4v) is 9.05. The van der Waals surface area contributed by atoms with Gasteiger partial charge in [-0.15, -0.1) is 0 Å². The van der Waals surface area contributed by atoms with E-state index in [0.717, 1.165) is 4.90 Å². The first kappa shape index (κ1) is 58.4. The fourth-order valence-electron chi connectivity index (χ4n) is 7.75. The van der Waals surface area contributed by atoms with Crippen molar-refractivity contribution in [3.8, 4) is 5.75 Å². The number of hydrogen-bond donors (Lipinski definition) is 12. The zero-order chi connectivity index (χ0) is 53.3. The standard InChI is InChI=1S/C44H67N11O15S/c1-5-23(4)37-43(67)50-27(10-11-33(45)58)39(63)52-31(19-34(46)59)40(64)51-28(12-14-71(69,70)15-13-36(61)49-30(41(65)54-37)17-24-6-8-25(56)9-7-24)44(68)55-21-26(57)18-32(55)42(66)53-29(16-22(2)3)38(62)48-20-35(47)60/h6-9,22-23,26-32,37,56-57H,5,10-21H2,1-4H3,(H2,45,58)(H2,46,59)(H2,47,60)(H,48,62)(H,49,61)(H,50,67)(H,51,64)(H,52,63)(H,53,66)(H,54,65)/t23-,26+,27-,28-,29-,30-,31-,32-,37-/m0/s1. The molecular weight excluding hydrogens is 955 g/mol. The number of nitrogens with two attached hydrogens (primary N) is 3. The van der Waals surface area contributed by atoms with E-state index in [-0.39, 0.29) is 37.4 Å². The molecule has 1 aromatic rings. The van der Waals surface area contributed by atoms with Crippen LogP contribution in [0, 0.1) is 11.8 Å². The number of rotatable bonds is 17. The van der Waals surface area contributed by atoms with Gasteiger partial charge >= 0.3 is 0 Å². The Hall–Kier alpha value is -6.90. The zero-order valence-corrected chi connectivity index (χ0v) is 40.9. The zero-order valence-electron chi connectivity index (χ0n) is 40.1. The molecule has 27 heteroatoms. The van der Waals surface area contributed by atoms with Crippen LogP contribution in [0.1, 0.15) is 84.6 Å². The Morgan fingerprint density at radius 2 is 1.42 bits per heavy atom. The maximum Gasteiger partial charge on any atom is 0.245 e. The fraction of sp³-hybridized carbons (Fsp3) is 0.614. The summed E-state index contributed by atoms with van der Waals surface area (Å²) in [7, 11) is -4.34. The summed E-state index contributed by atoms with van der Waals surface area (Å²) in [5.41, 5.74) is 16.4. The number of carbonyl (C=O) groups is 11. The molecule has 0 spiro atoms. The van der Waals surface area contributed by atoms with Gasteiger partial charge in [0.1, 0.15) is 48.0 Å². The molecule has 0 saturated carbocycles. The Morgan fingerprint density at radius 3 is 2.01 bits per heavy atom. The van der Waals surface area contributed by atoms with Crippen LogP contribution in [0.2, 0.25) is 0 Å². The number of benzene rings is 1. The van der Waals surface area contributed by atoms with Gasteiger partial charge in [0.15, 0.2) is 9.84 Å². The minimum Gasteiger partial charge on any atom is -0.508 e. The first-order valence-corrected chi connectivity index (χ1v) is 24.9. The normalized spacial score (nSPS) is 24.7. The predicted molar refractivity (Wildman–Crippen MR) is 251 cm³/mol. The molecule has 3 rings (SSSR count). The van der Waals surface area contributed by atoms with Crippen LogP contribution >= 0.6 is 0 Å². The lowest BCUT2D eigenvalue weighted by atomic mass is 9.96. The minimum atomic E-state index is -4.34. The van der Waals surface area contributed by atoms with Crippen molar-refractivity contribution in [3.05, 3.63) is 29.8 Å². The lowest BCUT2D eigenvalue weighted by molar-refractivity contribution is -0.143. The number of aromatic hydroxyl groups is 1. The SMILES string of the molecule is CC[C@H](C)[C@@H]1NC(=O)[C@H](Cc2ccc(O)cc2)NC(=O)CCS(=O)(=O)CC[C@@H](C(=O)N2C[C@H](O)C[C@H]2C(=O)N[C@@H](CC(C)C)C(=O)NCC(N)=O)NC(=O)[C@H](CC(N)=O)NC(=O)[C@H](CCC(N)=O)NC1=O. The molecular formula is C44H67N11O15S. The molecule has 394 valence electrons. The molecule has 71 heavy (non-hydrogen) atoms. The van der Waals surface area contributed by atoms with Gasteiger partial charge in [0.2, 0.25) is 65.0 Å². The highest BCUT2D eigenvalue weighted by Gasteiger charge is 2.44. The van der Waals surface area contributed by atoms with Gasteiger partial charge in [0, 0.05) is 32.2 Å². The van der Waals surface area contributed by atoms with E-state index in [4.69, 9.17) is 17.2 Å². The van der Waals surface area contributed by atoms with Crippen LogP contribution in [0.4, 0.5) is 0 Å². The van der Waals surface area contributed by atoms with Crippen LogP contribution in [-0.4, -0.2) is 162 Å². The Labute approximate surface area is 410 Å². The second-order valence-corrected chi connectivity index (χ2v) is 20.5. The number of aliphatic hydroxyl groups excluding tert-OH is 1. The number of nitrogens with zero attached hydrogens (tertiary/aromatic N) is 1. The van der Waals surface area contributed by atoms with Crippen LogP contribution in [0.5, 0.6) is 5.75 Å². The number of likely N-dealkylation sites (tertiary alicyclic amines) is 1. The van der Waals surface area contributed by atoms with Crippen LogP contribution < -0.4 is 54.4 Å². The topological polar surface area (TPSA) is 428 Å². The highest BCUT2D eigenvalue weighted by Crippen LogP contribution is 2.22. The molecule has 0 unspecified atom stereocenters. The van der Waals surface area contributed by atoms with Crippen LogP contribution in [0.15, 0.2) is 24.3 Å². The lowest BCUT2D eigenvalue weighted by Crippen LogP contribution is -2.61. The van der Waals surface area contributed by atoms with Gasteiger partial charge in [0.05, 0.1) is 30.6 Å². The Balaban J connectivity index is 2.12. The number of hydrogen-bond acceptors (Lipinski definition) is 15. The molecule has 0 aromatic heterocycles. The summed E-state index contributed by atoms with van der Waals surface area (Å²) in [6.07, 6.45) is -4.98. The molecule has 9 atom stereocenters. The van der Waals surface area contributed by atoms with E-state index < -0.39 is 186 Å². The third-order valence-electron chi connectivity index (χ3n) is 11.8. The maximum absolute atomic E-state index is 14.5. The molecule has 15 N–H and O–H groups in total. The van der Waals surface area contributed by atoms with Crippen molar-refractivity contribution in [3.63, 3.8) is 0 Å². The summed E-state index contributed by atoms with van der Waals surface area (Å²) in [6.45, 7) is 5.69. The van der Waals surface area contributed by atoms with Crippen LogP contribution in [0.3, 0.4) is 0 Å². The van der Waals surface area contributed by atoms with Gasteiger partial charge in [-0.1, -0.05) is 46.2 Å². The van der Waals surface area contributed by atoms with E-state index in [0.29, 0.717) is 5.56 Å². The predicted octanol–water partition coefficient (Wildman–Crippen LogP) is -5.15. The van der Waals surface area contributed by atoms with Crippen molar-refractivity contribution in [2.24, 2.45) is 29.0 Å². The number of sulfone groups is 1. The number of phenolic OH excluding ortho intramolecular Hbond substituents is 1. The number of amides is 11. The van der Waals surface area contributed by atoms with E-state index in [1.54, 1.807) is 27.7 Å². The molecule has 2 aliphatic heterocycles. The molecule has 11 amide bonds. The Morgan fingerprint density at radius 1 is 0.803 bits per heavy atom. The monoisotopic (exact) mass is 1020 g/mol. The second kappa shape index (κ2) is 26.9. The van der Waals surface area contributed by atoms with Crippen molar-refractivity contribution in [2.45, 2.75) is 134 Å². The molecule has 2 aliphatic rings. The quantitative estimate of drug-likeness (QED) is 0.0694. The number of phenols is 1. The average Bonchev–Trinajstić information content (AvgIpc) is 3.69. The summed E-state index contributed by atoms with van der Waals surface area (Å²) in [4.78, 5) is 148. The van der Waals surface area contributed by atoms with Gasteiger partial charge < -0.3 is 69.5 Å². The van der Waals surface area contributed by atoms with E-state index in [1.165, 1.54) is 24.3 Å². The van der Waals surface area contributed by atoms with Gasteiger partial charge in [0.25, 0.3) is 0 Å². The van der Waals surface area contributed by atoms with E-state index in [2.05, 4.69) is 37.2 Å². The highest BCUT2D eigenvalue weighted by atomic mass is 32.2. The molecule has 26 nitrogen and oxygen atoms in total. The second-order valence-electron chi connectivity index (χ2n) is 18.2. The van der Waals surface area contributed by atoms with E-state index in [9.17, 15) is 71.4 Å². The van der Waals surface area contributed by atoms with E-state index in [1.807, 2.05) is 0 Å². The number of primary amides is 3. The van der Waals surface area contributed by atoms with E-state index >= 15 is 0 Å². The largest absolute Gasteiger partial charge is 0.508 e. The molecule has 1 aromatic carbocycles. The highest BCUT2D eigenvalue weighted by molar-refractivity contribution is 7.91. The first-order chi connectivity index (χ1) is 33.2. The smallest absolute Gasteiger partial charge is 0.245 e. The van der Waals surface area contributed by atoms with Crippen LogP contribution in [-0.2, 0) is 69.0 Å². The molecule has 2 fully saturated rings. The molecule has 0 aliphatic carbocycles. The summed E-state index contributed by atoms with van der Waals surface area (Å²) in [5, 5.41) is 37.6. The summed E-state index contributed by atoms with van der Waals surface area (Å²) < 4.78 is 27.2. The van der Waals surface area contributed by atoms with Gasteiger partial charge in [-0.25, -0.2) is 8.42 Å². The van der Waals surface area contributed by atoms with Crippen molar-refractivity contribution < 1.29 is 71.4 Å².